The van der Waals surface area contributed by atoms with Gasteiger partial charge in [0.15, 0.2) is 0 Å². The summed E-state index contributed by atoms with van der Waals surface area (Å²) in [7, 11) is 0. The Labute approximate surface area is 107 Å². The standard InChI is InChI=1S/C15H16N2O/c1-2-3-12-4-6-13(7-5-12)16-17-14-8-10-15(18)11-9-14/h2-4,6,8-11,18H,5,7H2,1H3. The van der Waals surface area contributed by atoms with Gasteiger partial charge < -0.3 is 5.11 Å². The van der Waals surface area contributed by atoms with Crippen molar-refractivity contribution in [1.82, 2.24) is 0 Å². The van der Waals surface area contributed by atoms with Gasteiger partial charge in [0.05, 0.1) is 11.4 Å². The van der Waals surface area contributed by atoms with Gasteiger partial charge in [-0.1, -0.05) is 18.2 Å². The van der Waals surface area contributed by atoms with Crippen LogP contribution in [0.3, 0.4) is 0 Å². The van der Waals surface area contributed by atoms with Crippen molar-refractivity contribution in [1.29, 1.82) is 0 Å². The summed E-state index contributed by atoms with van der Waals surface area (Å²) in [6.07, 6.45) is 10.2. The summed E-state index contributed by atoms with van der Waals surface area (Å²) < 4.78 is 0. The molecule has 1 N–H and O–H groups in total. The van der Waals surface area contributed by atoms with Crippen LogP contribution < -0.4 is 0 Å². The Kier molecular flexibility index (Phi) is 4.07. The number of hydrogen-bond acceptors (Lipinski definition) is 3. The van der Waals surface area contributed by atoms with Gasteiger partial charge in [0.1, 0.15) is 5.75 Å². The molecule has 1 aromatic rings. The van der Waals surface area contributed by atoms with Gasteiger partial charge in [0.2, 0.25) is 0 Å². The molecular formula is C15H16N2O. The molecule has 1 aliphatic carbocycles. The van der Waals surface area contributed by atoms with Crippen LogP contribution in [0.15, 0.2) is 70.1 Å². The van der Waals surface area contributed by atoms with Crippen LogP contribution >= 0.6 is 0 Å². The number of allylic oxidation sites excluding steroid dienone is 6. The Morgan fingerprint density at radius 2 is 1.83 bits per heavy atom. The highest BCUT2D eigenvalue weighted by molar-refractivity contribution is 5.40. The lowest BCUT2D eigenvalue weighted by Gasteiger charge is -2.07. The van der Waals surface area contributed by atoms with E-state index in [1.165, 1.54) is 5.57 Å². The molecule has 0 heterocycles. The lowest BCUT2D eigenvalue weighted by Crippen LogP contribution is -1.88. The van der Waals surface area contributed by atoms with Gasteiger partial charge in [0.25, 0.3) is 0 Å². The Morgan fingerprint density at radius 3 is 2.44 bits per heavy atom. The first-order chi connectivity index (χ1) is 8.78. The molecule has 18 heavy (non-hydrogen) atoms. The maximum atomic E-state index is 9.16. The first kappa shape index (κ1) is 12.3. The quantitative estimate of drug-likeness (QED) is 0.767. The van der Waals surface area contributed by atoms with E-state index in [4.69, 9.17) is 5.11 Å². The predicted octanol–water partition coefficient (Wildman–Crippen LogP) is 4.66. The molecule has 1 aliphatic rings. The minimum Gasteiger partial charge on any atom is -0.508 e. The molecule has 3 heteroatoms. The van der Waals surface area contributed by atoms with Crippen molar-refractivity contribution in [3.63, 3.8) is 0 Å². The molecule has 2 rings (SSSR count). The van der Waals surface area contributed by atoms with Crippen LogP contribution in [0.2, 0.25) is 0 Å². The Hall–Kier alpha value is -2.16. The van der Waals surface area contributed by atoms with Crippen LogP contribution in [-0.4, -0.2) is 5.11 Å². The van der Waals surface area contributed by atoms with Crippen molar-refractivity contribution in [2.75, 3.05) is 0 Å². The third-order valence-corrected chi connectivity index (χ3v) is 2.68. The van der Waals surface area contributed by atoms with Gasteiger partial charge in [0, 0.05) is 0 Å². The fourth-order valence-corrected chi connectivity index (χ4v) is 1.72. The molecule has 0 radical (unpaired) electrons. The first-order valence-corrected chi connectivity index (χ1v) is 6.01. The summed E-state index contributed by atoms with van der Waals surface area (Å²) in [5, 5.41) is 17.5. The van der Waals surface area contributed by atoms with Crippen LogP contribution in [0.1, 0.15) is 19.8 Å². The number of aromatic hydroxyl groups is 1. The Balaban J connectivity index is 2.04. The maximum Gasteiger partial charge on any atom is 0.115 e. The molecule has 0 spiro atoms. The number of benzene rings is 1. The molecule has 0 amide bonds. The van der Waals surface area contributed by atoms with E-state index in [1.54, 1.807) is 24.3 Å². The second-order valence-corrected chi connectivity index (χ2v) is 4.12. The van der Waals surface area contributed by atoms with Crippen molar-refractivity contribution in [2.45, 2.75) is 19.8 Å². The lowest BCUT2D eigenvalue weighted by molar-refractivity contribution is 0.475. The van der Waals surface area contributed by atoms with E-state index in [2.05, 4.69) is 22.4 Å². The Bertz CT molecular complexity index is 522. The number of hydrogen-bond donors (Lipinski definition) is 1. The third-order valence-electron chi connectivity index (χ3n) is 2.68. The van der Waals surface area contributed by atoms with Crippen molar-refractivity contribution < 1.29 is 5.11 Å². The lowest BCUT2D eigenvalue weighted by atomic mass is 10.0. The molecule has 0 saturated carbocycles. The minimum absolute atomic E-state index is 0.241. The fourth-order valence-electron chi connectivity index (χ4n) is 1.72. The van der Waals surface area contributed by atoms with Crippen LogP contribution in [0.4, 0.5) is 5.69 Å². The summed E-state index contributed by atoms with van der Waals surface area (Å²) in [6, 6.07) is 6.69. The zero-order valence-corrected chi connectivity index (χ0v) is 10.4. The molecule has 0 aromatic heterocycles. The number of phenolic OH excluding ortho intramolecular Hbond substituents is 1. The smallest absolute Gasteiger partial charge is 0.115 e. The maximum absolute atomic E-state index is 9.16. The third kappa shape index (κ3) is 3.42. The van der Waals surface area contributed by atoms with Crippen molar-refractivity contribution in [3.05, 3.63) is 59.8 Å². The molecule has 0 atom stereocenters. The second kappa shape index (κ2) is 5.96. The van der Waals surface area contributed by atoms with E-state index in [1.807, 2.05) is 19.1 Å². The van der Waals surface area contributed by atoms with E-state index < -0.39 is 0 Å². The van der Waals surface area contributed by atoms with Gasteiger partial charge in [-0.15, -0.1) is 0 Å². The van der Waals surface area contributed by atoms with Crippen molar-refractivity contribution >= 4 is 5.69 Å². The summed E-state index contributed by atoms with van der Waals surface area (Å²) in [5.74, 6) is 0.241. The molecule has 92 valence electrons. The van der Waals surface area contributed by atoms with E-state index in [0.717, 1.165) is 24.2 Å². The summed E-state index contributed by atoms with van der Waals surface area (Å²) >= 11 is 0. The van der Waals surface area contributed by atoms with E-state index in [0.29, 0.717) is 0 Å². The molecule has 0 saturated heterocycles. The SMILES string of the molecule is CC=CC1=CC=C(N=Nc2ccc(O)cc2)CC1. The largest absolute Gasteiger partial charge is 0.508 e. The summed E-state index contributed by atoms with van der Waals surface area (Å²) in [6.45, 7) is 2.02. The highest BCUT2D eigenvalue weighted by Gasteiger charge is 2.03. The summed E-state index contributed by atoms with van der Waals surface area (Å²) in [4.78, 5) is 0. The minimum atomic E-state index is 0.241. The van der Waals surface area contributed by atoms with Crippen molar-refractivity contribution in [2.24, 2.45) is 10.2 Å². The zero-order valence-electron chi connectivity index (χ0n) is 10.4. The van der Waals surface area contributed by atoms with Gasteiger partial charge >= 0.3 is 0 Å². The van der Waals surface area contributed by atoms with E-state index in [9.17, 15) is 0 Å². The predicted molar refractivity (Wildman–Crippen MR) is 72.8 cm³/mol. The molecule has 3 nitrogen and oxygen atoms in total. The molecule has 0 aliphatic heterocycles. The molecular weight excluding hydrogens is 224 g/mol. The summed E-state index contributed by atoms with van der Waals surface area (Å²) in [5.41, 5.74) is 3.05. The molecule has 0 unspecified atom stereocenters. The number of rotatable bonds is 3. The number of azo groups is 1. The van der Waals surface area contributed by atoms with Gasteiger partial charge in [-0.2, -0.15) is 10.2 Å². The van der Waals surface area contributed by atoms with Gasteiger partial charge in [-0.05, 0) is 55.7 Å². The zero-order chi connectivity index (χ0) is 12.8. The van der Waals surface area contributed by atoms with Crippen molar-refractivity contribution in [3.8, 4) is 5.75 Å². The highest BCUT2D eigenvalue weighted by Crippen LogP contribution is 2.23. The molecule has 0 fully saturated rings. The average Bonchev–Trinajstić information content (AvgIpc) is 2.40. The molecule has 1 aromatic carbocycles. The van der Waals surface area contributed by atoms with Gasteiger partial charge in [-0.3, -0.25) is 0 Å². The number of nitrogens with zero attached hydrogens (tertiary/aromatic N) is 2. The highest BCUT2D eigenvalue weighted by atomic mass is 16.3. The van der Waals surface area contributed by atoms with E-state index in [-0.39, 0.29) is 5.75 Å². The topological polar surface area (TPSA) is 45.0 Å². The van der Waals surface area contributed by atoms with Crippen LogP contribution in [-0.2, 0) is 0 Å². The van der Waals surface area contributed by atoms with Crippen LogP contribution in [0.5, 0.6) is 5.75 Å². The van der Waals surface area contributed by atoms with Gasteiger partial charge in [-0.25, -0.2) is 0 Å². The monoisotopic (exact) mass is 240 g/mol. The Morgan fingerprint density at radius 1 is 1.06 bits per heavy atom. The fraction of sp³-hybridized carbons (Fsp3) is 0.200. The van der Waals surface area contributed by atoms with Crippen LogP contribution in [0.25, 0.3) is 0 Å². The normalized spacial score (nSPS) is 16.1. The first-order valence-electron chi connectivity index (χ1n) is 6.01. The van der Waals surface area contributed by atoms with Crippen LogP contribution in [0, 0.1) is 0 Å². The van der Waals surface area contributed by atoms with E-state index >= 15 is 0 Å². The second-order valence-electron chi connectivity index (χ2n) is 4.12. The molecule has 0 bridgehead atoms. The number of phenols is 1. The average molecular weight is 240 g/mol.